The lowest BCUT2D eigenvalue weighted by molar-refractivity contribution is 0.0940. The van der Waals surface area contributed by atoms with Crippen LogP contribution in [0.25, 0.3) is 0 Å². The third-order valence-electron chi connectivity index (χ3n) is 5.06. The first-order chi connectivity index (χ1) is 12.2. The maximum atomic E-state index is 12.5. The third-order valence-corrected chi connectivity index (χ3v) is 5.06. The van der Waals surface area contributed by atoms with Gasteiger partial charge in [0.05, 0.1) is 6.04 Å². The Kier molecular flexibility index (Phi) is 5.87. The highest BCUT2D eigenvalue weighted by Crippen LogP contribution is 2.16. The van der Waals surface area contributed by atoms with Crippen molar-refractivity contribution in [3.63, 3.8) is 0 Å². The quantitative estimate of drug-likeness (QED) is 0.851. The standard InChI is InChI=1S/C22H28N2O/c1-3-18-6-10-20(11-7-18)17(2)23-22(25)21-12-8-19(9-13-21)16-24-14-4-5-15-24/h6-13,17H,3-5,14-16H2,1-2H3,(H,23,25). The van der Waals surface area contributed by atoms with Gasteiger partial charge in [0, 0.05) is 12.1 Å². The molecule has 25 heavy (non-hydrogen) atoms. The Bertz CT molecular complexity index is 685. The van der Waals surface area contributed by atoms with Gasteiger partial charge in [0.15, 0.2) is 0 Å². The molecule has 1 N–H and O–H groups in total. The fourth-order valence-corrected chi connectivity index (χ4v) is 3.37. The van der Waals surface area contributed by atoms with E-state index < -0.39 is 0 Å². The summed E-state index contributed by atoms with van der Waals surface area (Å²) in [6.45, 7) is 7.55. The first kappa shape index (κ1) is 17.7. The molecule has 0 aliphatic carbocycles. The molecule has 0 aromatic heterocycles. The zero-order valence-electron chi connectivity index (χ0n) is 15.3. The summed E-state index contributed by atoms with van der Waals surface area (Å²) in [7, 11) is 0. The van der Waals surface area contributed by atoms with Crippen LogP contribution in [-0.4, -0.2) is 23.9 Å². The molecule has 2 aromatic rings. The van der Waals surface area contributed by atoms with E-state index in [0.29, 0.717) is 0 Å². The van der Waals surface area contributed by atoms with Gasteiger partial charge in [-0.25, -0.2) is 0 Å². The van der Waals surface area contributed by atoms with Crippen molar-refractivity contribution < 1.29 is 4.79 Å². The number of aryl methyl sites for hydroxylation is 1. The summed E-state index contributed by atoms with van der Waals surface area (Å²) in [5.74, 6) is -0.0141. The Labute approximate surface area is 151 Å². The average molecular weight is 336 g/mol. The van der Waals surface area contributed by atoms with Gasteiger partial charge in [-0.2, -0.15) is 0 Å². The molecule has 1 fully saturated rings. The molecular weight excluding hydrogens is 308 g/mol. The lowest BCUT2D eigenvalue weighted by atomic mass is 10.0. The Morgan fingerprint density at radius 3 is 2.20 bits per heavy atom. The number of carbonyl (C=O) groups is 1. The van der Waals surface area contributed by atoms with Gasteiger partial charge in [0.1, 0.15) is 0 Å². The second-order valence-electron chi connectivity index (χ2n) is 6.97. The van der Waals surface area contributed by atoms with Crippen molar-refractivity contribution in [1.29, 1.82) is 0 Å². The second-order valence-corrected chi connectivity index (χ2v) is 6.97. The highest BCUT2D eigenvalue weighted by Gasteiger charge is 2.13. The summed E-state index contributed by atoms with van der Waals surface area (Å²) in [5.41, 5.74) is 4.45. The van der Waals surface area contributed by atoms with Crippen LogP contribution >= 0.6 is 0 Å². The molecule has 1 saturated heterocycles. The molecule has 2 aromatic carbocycles. The maximum Gasteiger partial charge on any atom is 0.251 e. The molecule has 3 rings (SSSR count). The Morgan fingerprint density at radius 2 is 1.60 bits per heavy atom. The zero-order valence-corrected chi connectivity index (χ0v) is 15.3. The van der Waals surface area contributed by atoms with Gasteiger partial charge in [-0.05, 0) is 68.1 Å². The predicted octanol–water partition coefficient (Wildman–Crippen LogP) is 4.34. The number of benzene rings is 2. The van der Waals surface area contributed by atoms with E-state index >= 15 is 0 Å². The van der Waals surface area contributed by atoms with E-state index in [1.165, 1.54) is 37.1 Å². The smallest absolute Gasteiger partial charge is 0.251 e. The lowest BCUT2D eigenvalue weighted by Crippen LogP contribution is -2.26. The molecule has 0 bridgehead atoms. The first-order valence-electron chi connectivity index (χ1n) is 9.36. The number of nitrogens with zero attached hydrogens (tertiary/aromatic N) is 1. The van der Waals surface area contributed by atoms with Crippen molar-refractivity contribution in [2.75, 3.05) is 13.1 Å². The molecule has 132 valence electrons. The van der Waals surface area contributed by atoms with Crippen LogP contribution in [0.1, 0.15) is 59.8 Å². The molecule has 1 heterocycles. The molecule has 1 aliphatic heterocycles. The van der Waals surface area contributed by atoms with Gasteiger partial charge >= 0.3 is 0 Å². The van der Waals surface area contributed by atoms with Crippen molar-refractivity contribution in [3.8, 4) is 0 Å². The minimum absolute atomic E-state index is 0.00248. The lowest BCUT2D eigenvalue weighted by Gasteiger charge is -2.16. The summed E-state index contributed by atoms with van der Waals surface area (Å²) in [4.78, 5) is 15.0. The normalized spacial score (nSPS) is 15.9. The van der Waals surface area contributed by atoms with E-state index in [1.807, 2.05) is 19.1 Å². The van der Waals surface area contributed by atoms with Crippen LogP contribution in [0.5, 0.6) is 0 Å². The number of hydrogen-bond donors (Lipinski definition) is 1. The largest absolute Gasteiger partial charge is 0.346 e. The highest BCUT2D eigenvalue weighted by molar-refractivity contribution is 5.94. The molecule has 1 unspecified atom stereocenters. The maximum absolute atomic E-state index is 12.5. The van der Waals surface area contributed by atoms with Crippen LogP contribution < -0.4 is 5.32 Å². The summed E-state index contributed by atoms with van der Waals surface area (Å²) in [5, 5.41) is 3.09. The molecule has 0 saturated carbocycles. The van der Waals surface area contributed by atoms with Crippen molar-refractivity contribution in [2.24, 2.45) is 0 Å². The minimum Gasteiger partial charge on any atom is -0.346 e. The summed E-state index contributed by atoms with van der Waals surface area (Å²) in [6.07, 6.45) is 3.64. The Balaban J connectivity index is 1.58. The number of carbonyl (C=O) groups excluding carboxylic acids is 1. The van der Waals surface area contributed by atoms with Gasteiger partial charge in [0.2, 0.25) is 0 Å². The van der Waals surface area contributed by atoms with Crippen LogP contribution in [0.15, 0.2) is 48.5 Å². The number of likely N-dealkylation sites (tertiary alicyclic amines) is 1. The van der Waals surface area contributed by atoms with Gasteiger partial charge in [-0.3, -0.25) is 9.69 Å². The van der Waals surface area contributed by atoms with Crippen molar-refractivity contribution in [1.82, 2.24) is 10.2 Å². The van der Waals surface area contributed by atoms with Crippen LogP contribution in [0, 0.1) is 0 Å². The number of rotatable bonds is 6. The third kappa shape index (κ3) is 4.70. The van der Waals surface area contributed by atoms with E-state index in [2.05, 4.69) is 53.5 Å². The Morgan fingerprint density at radius 1 is 1.00 bits per heavy atom. The highest BCUT2D eigenvalue weighted by atomic mass is 16.1. The summed E-state index contributed by atoms with van der Waals surface area (Å²) >= 11 is 0. The fraction of sp³-hybridized carbons (Fsp3) is 0.409. The zero-order chi connectivity index (χ0) is 17.6. The number of amides is 1. The first-order valence-corrected chi connectivity index (χ1v) is 9.36. The van der Waals surface area contributed by atoms with Crippen molar-refractivity contribution >= 4 is 5.91 Å². The summed E-state index contributed by atoms with van der Waals surface area (Å²) in [6, 6.07) is 16.5. The van der Waals surface area contributed by atoms with Crippen LogP contribution in [0.2, 0.25) is 0 Å². The van der Waals surface area contributed by atoms with Crippen LogP contribution in [0.4, 0.5) is 0 Å². The number of nitrogens with one attached hydrogen (secondary N) is 1. The summed E-state index contributed by atoms with van der Waals surface area (Å²) < 4.78 is 0. The van der Waals surface area contributed by atoms with E-state index in [9.17, 15) is 4.79 Å². The average Bonchev–Trinajstić information content (AvgIpc) is 3.15. The van der Waals surface area contributed by atoms with Crippen LogP contribution in [-0.2, 0) is 13.0 Å². The topological polar surface area (TPSA) is 32.3 Å². The monoisotopic (exact) mass is 336 g/mol. The van der Waals surface area contributed by atoms with Crippen molar-refractivity contribution in [2.45, 2.75) is 45.7 Å². The van der Waals surface area contributed by atoms with Gasteiger partial charge in [-0.1, -0.05) is 43.3 Å². The molecule has 3 nitrogen and oxygen atoms in total. The molecular formula is C22H28N2O. The molecule has 3 heteroatoms. The van der Waals surface area contributed by atoms with Crippen molar-refractivity contribution in [3.05, 3.63) is 70.8 Å². The molecule has 0 radical (unpaired) electrons. The SMILES string of the molecule is CCc1ccc(C(C)NC(=O)c2ccc(CN3CCCC3)cc2)cc1. The van der Waals surface area contributed by atoms with Gasteiger partial charge in [0.25, 0.3) is 5.91 Å². The van der Waals surface area contributed by atoms with Gasteiger partial charge in [-0.15, -0.1) is 0 Å². The molecule has 0 spiro atoms. The Hall–Kier alpha value is -2.13. The molecule has 1 aliphatic rings. The minimum atomic E-state index is -0.0141. The van der Waals surface area contributed by atoms with E-state index in [0.717, 1.165) is 24.1 Å². The molecule has 1 amide bonds. The van der Waals surface area contributed by atoms with Crippen LogP contribution in [0.3, 0.4) is 0 Å². The van der Waals surface area contributed by atoms with E-state index in [1.54, 1.807) is 0 Å². The predicted molar refractivity (Wildman–Crippen MR) is 103 cm³/mol. The molecule has 1 atom stereocenters. The number of hydrogen-bond acceptors (Lipinski definition) is 2. The van der Waals surface area contributed by atoms with Gasteiger partial charge < -0.3 is 5.32 Å². The second kappa shape index (κ2) is 8.30. The van der Waals surface area contributed by atoms with E-state index in [-0.39, 0.29) is 11.9 Å². The van der Waals surface area contributed by atoms with E-state index in [4.69, 9.17) is 0 Å². The fourth-order valence-electron chi connectivity index (χ4n) is 3.37.